The monoisotopic (exact) mass is 392 g/mol. The maximum absolute atomic E-state index is 12.7. The van der Waals surface area contributed by atoms with E-state index >= 15 is 0 Å². The van der Waals surface area contributed by atoms with Crippen molar-refractivity contribution < 1.29 is 23.9 Å². The Morgan fingerprint density at radius 1 is 1.00 bits per heavy atom. The van der Waals surface area contributed by atoms with Crippen LogP contribution in [0.15, 0.2) is 48.5 Å². The Kier molecular flexibility index (Phi) is 5.12. The number of imide groups is 1. The molecule has 0 aromatic heterocycles. The Balaban J connectivity index is 1.40. The van der Waals surface area contributed by atoms with Gasteiger partial charge < -0.3 is 10.1 Å². The lowest BCUT2D eigenvalue weighted by Gasteiger charge is -2.13. The number of ether oxygens (including phenoxy) is 1. The largest absolute Gasteiger partial charge is 0.452 e. The highest BCUT2D eigenvalue weighted by Crippen LogP contribution is 2.25. The molecule has 2 aliphatic rings. The SMILES string of the molecule is O=C(COC(=O)c1ccc2c(c1)C(=O)N(CCc1ccccc1)C2=O)NC1CC1. The van der Waals surface area contributed by atoms with Crippen LogP contribution in [0.2, 0.25) is 0 Å². The minimum Gasteiger partial charge on any atom is -0.452 e. The summed E-state index contributed by atoms with van der Waals surface area (Å²) in [4.78, 5) is 50.3. The second kappa shape index (κ2) is 7.87. The molecule has 29 heavy (non-hydrogen) atoms. The molecule has 3 amide bonds. The number of hydrogen-bond donors (Lipinski definition) is 1. The Labute approximate surface area is 167 Å². The van der Waals surface area contributed by atoms with E-state index in [1.807, 2.05) is 30.3 Å². The number of nitrogens with zero attached hydrogens (tertiary/aromatic N) is 1. The van der Waals surface area contributed by atoms with Crippen LogP contribution in [0, 0.1) is 0 Å². The zero-order valence-electron chi connectivity index (χ0n) is 15.7. The van der Waals surface area contributed by atoms with Crippen molar-refractivity contribution in [2.45, 2.75) is 25.3 Å². The molecule has 1 N–H and O–H groups in total. The Hall–Kier alpha value is -3.48. The van der Waals surface area contributed by atoms with E-state index in [0.29, 0.717) is 6.42 Å². The number of carbonyl (C=O) groups excluding carboxylic acids is 4. The zero-order valence-corrected chi connectivity index (χ0v) is 15.7. The minimum absolute atomic E-state index is 0.133. The van der Waals surface area contributed by atoms with Crippen LogP contribution in [-0.2, 0) is 16.0 Å². The molecule has 1 heterocycles. The second-order valence-electron chi connectivity index (χ2n) is 7.18. The van der Waals surface area contributed by atoms with Gasteiger partial charge in [0.15, 0.2) is 6.61 Å². The number of amides is 3. The van der Waals surface area contributed by atoms with Crippen LogP contribution in [0.25, 0.3) is 0 Å². The van der Waals surface area contributed by atoms with E-state index in [4.69, 9.17) is 4.74 Å². The summed E-state index contributed by atoms with van der Waals surface area (Å²) in [6.45, 7) is -0.111. The summed E-state index contributed by atoms with van der Waals surface area (Å²) in [5, 5.41) is 2.73. The smallest absolute Gasteiger partial charge is 0.338 e. The van der Waals surface area contributed by atoms with Crippen molar-refractivity contribution in [1.29, 1.82) is 0 Å². The Bertz CT molecular complexity index is 982. The summed E-state index contributed by atoms with van der Waals surface area (Å²) in [7, 11) is 0. The average molecular weight is 392 g/mol. The highest BCUT2D eigenvalue weighted by atomic mass is 16.5. The molecular weight excluding hydrogens is 372 g/mol. The van der Waals surface area contributed by atoms with E-state index < -0.39 is 11.9 Å². The van der Waals surface area contributed by atoms with Gasteiger partial charge in [0.1, 0.15) is 0 Å². The summed E-state index contributed by atoms with van der Waals surface area (Å²) in [5.41, 5.74) is 1.61. The maximum Gasteiger partial charge on any atom is 0.338 e. The topological polar surface area (TPSA) is 92.8 Å². The average Bonchev–Trinajstić information content (AvgIpc) is 3.52. The summed E-state index contributed by atoms with van der Waals surface area (Å²) < 4.78 is 5.01. The van der Waals surface area contributed by atoms with Crippen molar-refractivity contribution in [3.8, 4) is 0 Å². The number of esters is 1. The van der Waals surface area contributed by atoms with Gasteiger partial charge in [-0.25, -0.2) is 4.79 Å². The van der Waals surface area contributed by atoms with E-state index in [2.05, 4.69) is 5.32 Å². The molecule has 1 aliphatic heterocycles. The molecule has 0 saturated heterocycles. The second-order valence-corrected chi connectivity index (χ2v) is 7.18. The fourth-order valence-corrected chi connectivity index (χ4v) is 3.22. The molecule has 1 aliphatic carbocycles. The zero-order chi connectivity index (χ0) is 20.4. The first-order chi connectivity index (χ1) is 14.0. The summed E-state index contributed by atoms with van der Waals surface area (Å²) in [6.07, 6.45) is 2.44. The van der Waals surface area contributed by atoms with Gasteiger partial charge in [0, 0.05) is 12.6 Å². The van der Waals surface area contributed by atoms with Gasteiger partial charge in [-0.2, -0.15) is 0 Å². The fraction of sp³-hybridized carbons (Fsp3) is 0.273. The van der Waals surface area contributed by atoms with Crippen LogP contribution in [0.4, 0.5) is 0 Å². The fourth-order valence-electron chi connectivity index (χ4n) is 3.22. The van der Waals surface area contributed by atoms with Crippen LogP contribution in [-0.4, -0.2) is 47.8 Å². The molecule has 4 rings (SSSR count). The van der Waals surface area contributed by atoms with Gasteiger partial charge in [-0.3, -0.25) is 19.3 Å². The van der Waals surface area contributed by atoms with Crippen molar-refractivity contribution in [2.75, 3.05) is 13.2 Å². The van der Waals surface area contributed by atoms with E-state index in [-0.39, 0.29) is 47.7 Å². The third-order valence-electron chi connectivity index (χ3n) is 4.95. The molecule has 0 unspecified atom stereocenters. The van der Waals surface area contributed by atoms with Crippen LogP contribution in [0.1, 0.15) is 49.5 Å². The molecule has 7 nitrogen and oxygen atoms in total. The first kappa shape index (κ1) is 18.9. The van der Waals surface area contributed by atoms with Gasteiger partial charge in [-0.15, -0.1) is 0 Å². The van der Waals surface area contributed by atoms with Crippen molar-refractivity contribution in [1.82, 2.24) is 10.2 Å². The van der Waals surface area contributed by atoms with Gasteiger partial charge in [-0.1, -0.05) is 30.3 Å². The maximum atomic E-state index is 12.7. The molecule has 1 saturated carbocycles. The van der Waals surface area contributed by atoms with Crippen LogP contribution in [0.3, 0.4) is 0 Å². The number of rotatable bonds is 7. The van der Waals surface area contributed by atoms with E-state index in [0.717, 1.165) is 18.4 Å². The molecule has 0 radical (unpaired) electrons. The van der Waals surface area contributed by atoms with Gasteiger partial charge >= 0.3 is 5.97 Å². The van der Waals surface area contributed by atoms with Gasteiger partial charge in [0.05, 0.1) is 16.7 Å². The Morgan fingerprint density at radius 2 is 1.72 bits per heavy atom. The lowest BCUT2D eigenvalue weighted by molar-refractivity contribution is -0.124. The molecule has 0 spiro atoms. The molecule has 0 bridgehead atoms. The van der Waals surface area contributed by atoms with Crippen LogP contribution >= 0.6 is 0 Å². The van der Waals surface area contributed by atoms with Crippen molar-refractivity contribution >= 4 is 23.7 Å². The lowest BCUT2D eigenvalue weighted by Crippen LogP contribution is -2.31. The van der Waals surface area contributed by atoms with Crippen molar-refractivity contribution in [3.63, 3.8) is 0 Å². The van der Waals surface area contributed by atoms with E-state index in [1.54, 1.807) is 0 Å². The predicted octanol–water partition coefficient (Wildman–Crippen LogP) is 1.96. The van der Waals surface area contributed by atoms with Gasteiger partial charge in [-0.05, 0) is 43.0 Å². The summed E-state index contributed by atoms with van der Waals surface area (Å²) >= 11 is 0. The van der Waals surface area contributed by atoms with Crippen LogP contribution < -0.4 is 5.32 Å². The molecule has 0 atom stereocenters. The number of fused-ring (bicyclic) bond motifs is 1. The molecule has 2 aromatic carbocycles. The highest BCUT2D eigenvalue weighted by Gasteiger charge is 2.35. The Morgan fingerprint density at radius 3 is 2.45 bits per heavy atom. The van der Waals surface area contributed by atoms with Crippen molar-refractivity contribution in [2.24, 2.45) is 0 Å². The minimum atomic E-state index is -0.707. The molecule has 7 heteroatoms. The number of nitrogens with one attached hydrogen (secondary N) is 1. The highest BCUT2D eigenvalue weighted by molar-refractivity contribution is 6.22. The predicted molar refractivity (Wildman–Crippen MR) is 103 cm³/mol. The van der Waals surface area contributed by atoms with Crippen LogP contribution in [0.5, 0.6) is 0 Å². The van der Waals surface area contributed by atoms with E-state index in [9.17, 15) is 19.2 Å². The standard InChI is InChI=1S/C22H20N2O5/c25-19(23-16-7-8-16)13-29-22(28)15-6-9-17-18(12-15)21(27)24(20(17)26)11-10-14-4-2-1-3-5-14/h1-6,9,12,16H,7-8,10-11,13H2,(H,23,25). The third-order valence-corrected chi connectivity index (χ3v) is 4.95. The van der Waals surface area contributed by atoms with Gasteiger partial charge in [0.2, 0.25) is 0 Å². The van der Waals surface area contributed by atoms with E-state index in [1.165, 1.54) is 23.1 Å². The van der Waals surface area contributed by atoms with Crippen molar-refractivity contribution in [3.05, 3.63) is 70.8 Å². The quantitative estimate of drug-likeness (QED) is 0.574. The molecule has 148 valence electrons. The first-order valence-electron chi connectivity index (χ1n) is 9.53. The lowest BCUT2D eigenvalue weighted by atomic mass is 10.1. The number of hydrogen-bond acceptors (Lipinski definition) is 5. The van der Waals surface area contributed by atoms with Gasteiger partial charge in [0.25, 0.3) is 17.7 Å². The molecular formula is C22H20N2O5. The number of benzene rings is 2. The first-order valence-corrected chi connectivity index (χ1v) is 9.53. The molecule has 1 fully saturated rings. The molecule has 2 aromatic rings. The summed E-state index contributed by atoms with van der Waals surface area (Å²) in [6, 6.07) is 14.0. The number of carbonyl (C=O) groups is 4. The third kappa shape index (κ3) is 4.18. The normalized spacial score (nSPS) is 15.2. The summed E-state index contributed by atoms with van der Waals surface area (Å²) in [5.74, 6) is -1.85.